The molecule has 9 atom stereocenters. The first-order chi connectivity index (χ1) is 15.6. The van der Waals surface area contributed by atoms with Crippen molar-refractivity contribution in [2.75, 3.05) is 0 Å². The molecule has 0 heterocycles. The van der Waals surface area contributed by atoms with Gasteiger partial charge in [-0.1, -0.05) is 60.1 Å². The number of aliphatic hydroxyl groups excluding tert-OH is 2. The van der Waals surface area contributed by atoms with Gasteiger partial charge in [0.25, 0.3) is 0 Å². The monoisotopic (exact) mass is 472 g/mol. The zero-order valence-electron chi connectivity index (χ0n) is 22.6. The number of hydrogen-bond acceptors (Lipinski definition) is 3. The van der Waals surface area contributed by atoms with Gasteiger partial charge >= 0.3 is 5.97 Å². The van der Waals surface area contributed by atoms with Crippen molar-refractivity contribution in [1.82, 2.24) is 0 Å². The Morgan fingerprint density at radius 3 is 2.18 bits per heavy atom. The van der Waals surface area contributed by atoms with Crippen LogP contribution in [0.3, 0.4) is 0 Å². The van der Waals surface area contributed by atoms with Crippen molar-refractivity contribution in [1.29, 1.82) is 0 Å². The minimum Gasteiger partial charge on any atom is -0.481 e. The summed E-state index contributed by atoms with van der Waals surface area (Å²) >= 11 is 0. The van der Waals surface area contributed by atoms with Crippen LogP contribution < -0.4 is 0 Å². The lowest BCUT2D eigenvalue weighted by Gasteiger charge is -2.71. The first-order valence-electron chi connectivity index (χ1n) is 13.9. The Labute approximate surface area is 206 Å². The van der Waals surface area contributed by atoms with Crippen LogP contribution in [0.25, 0.3) is 0 Å². The number of aliphatic hydroxyl groups is 2. The molecule has 0 aromatic rings. The molecule has 0 saturated heterocycles. The van der Waals surface area contributed by atoms with E-state index in [1.54, 1.807) is 0 Å². The van der Waals surface area contributed by atoms with Gasteiger partial charge in [0.05, 0.1) is 12.2 Å². The van der Waals surface area contributed by atoms with Gasteiger partial charge in [-0.05, 0) is 103 Å². The fraction of sp³-hybridized carbons (Fsp3) is 0.900. The van der Waals surface area contributed by atoms with Gasteiger partial charge < -0.3 is 15.3 Å². The maximum Gasteiger partial charge on any atom is 0.312 e. The van der Waals surface area contributed by atoms with Crippen molar-refractivity contribution in [2.24, 2.45) is 50.2 Å². The van der Waals surface area contributed by atoms with Gasteiger partial charge in [-0.25, -0.2) is 0 Å². The highest BCUT2D eigenvalue weighted by molar-refractivity contribution is 5.77. The number of carboxylic acids is 1. The number of aliphatic carboxylic acids is 1. The molecule has 0 aromatic carbocycles. The molecule has 5 aliphatic carbocycles. The van der Waals surface area contributed by atoms with E-state index < -0.39 is 17.5 Å². The zero-order valence-corrected chi connectivity index (χ0v) is 22.6. The number of carbonyl (C=O) groups is 1. The first-order valence-corrected chi connectivity index (χ1v) is 13.9. The molecule has 0 radical (unpaired) electrons. The number of carboxylic acid groups (broad SMARTS) is 1. The summed E-state index contributed by atoms with van der Waals surface area (Å²) in [6.07, 6.45) is 9.35. The van der Waals surface area contributed by atoms with E-state index in [4.69, 9.17) is 0 Å². The number of fused-ring (bicyclic) bond motifs is 7. The normalized spacial score (nSPS) is 53.4. The van der Waals surface area contributed by atoms with Crippen LogP contribution >= 0.6 is 0 Å². The zero-order chi connectivity index (χ0) is 25.1. The molecular weight excluding hydrogens is 424 g/mol. The van der Waals surface area contributed by atoms with Gasteiger partial charge in [-0.2, -0.15) is 0 Å². The van der Waals surface area contributed by atoms with E-state index in [-0.39, 0.29) is 39.1 Å². The van der Waals surface area contributed by atoms with Crippen LogP contribution in [0.2, 0.25) is 0 Å². The summed E-state index contributed by atoms with van der Waals surface area (Å²) in [5.74, 6) is 0.0888. The van der Waals surface area contributed by atoms with E-state index in [1.165, 1.54) is 5.57 Å². The van der Waals surface area contributed by atoms with Crippen molar-refractivity contribution in [3.05, 3.63) is 11.6 Å². The Morgan fingerprint density at radius 1 is 0.853 bits per heavy atom. The maximum absolute atomic E-state index is 12.8. The lowest BCUT2D eigenvalue weighted by atomic mass is 9.33. The van der Waals surface area contributed by atoms with Crippen molar-refractivity contribution < 1.29 is 20.1 Å². The lowest BCUT2D eigenvalue weighted by molar-refractivity contribution is -0.218. The molecule has 4 unspecified atom stereocenters. The average molecular weight is 473 g/mol. The predicted octanol–water partition coefficient (Wildman–Crippen LogP) is 6.20. The third kappa shape index (κ3) is 2.82. The largest absolute Gasteiger partial charge is 0.481 e. The average Bonchev–Trinajstić information content (AvgIpc) is 2.71. The maximum atomic E-state index is 12.8. The van der Waals surface area contributed by atoms with Crippen LogP contribution in [-0.2, 0) is 4.79 Å². The number of rotatable bonds is 1. The highest BCUT2D eigenvalue weighted by Crippen LogP contribution is 2.75. The third-order valence-corrected chi connectivity index (χ3v) is 13.1. The molecule has 4 saturated carbocycles. The SMILES string of the molecule is CC1(C)CC[C@@]2(C(=O)O)C(C1)C1=CCC3C4(C)CC[C@H](O)C(C)(C)C4CC[C@@]3(C)[C@]1(C)C[C@H]2O. The highest BCUT2D eigenvalue weighted by Gasteiger charge is 2.71. The molecule has 0 aromatic heterocycles. The Bertz CT molecular complexity index is 919. The van der Waals surface area contributed by atoms with Crippen LogP contribution in [0.5, 0.6) is 0 Å². The smallest absolute Gasteiger partial charge is 0.312 e. The van der Waals surface area contributed by atoms with Crippen LogP contribution in [-0.4, -0.2) is 33.5 Å². The van der Waals surface area contributed by atoms with E-state index in [0.29, 0.717) is 24.7 Å². The molecular formula is C30H48O4. The van der Waals surface area contributed by atoms with Crippen molar-refractivity contribution in [3.8, 4) is 0 Å². The Morgan fingerprint density at radius 2 is 1.53 bits per heavy atom. The van der Waals surface area contributed by atoms with Gasteiger partial charge in [0.15, 0.2) is 0 Å². The number of hydrogen-bond donors (Lipinski definition) is 3. The van der Waals surface area contributed by atoms with Crippen LogP contribution in [0, 0.1) is 50.2 Å². The van der Waals surface area contributed by atoms with Gasteiger partial charge in [0.2, 0.25) is 0 Å². The summed E-state index contributed by atoms with van der Waals surface area (Å²) in [6, 6.07) is 0. The molecule has 0 amide bonds. The molecule has 34 heavy (non-hydrogen) atoms. The quantitative estimate of drug-likeness (QED) is 0.397. The molecule has 3 N–H and O–H groups in total. The van der Waals surface area contributed by atoms with Crippen LogP contribution in [0.15, 0.2) is 11.6 Å². The molecule has 0 aliphatic heterocycles. The van der Waals surface area contributed by atoms with E-state index in [0.717, 1.165) is 44.9 Å². The summed E-state index contributed by atoms with van der Waals surface area (Å²) in [7, 11) is 0. The topological polar surface area (TPSA) is 77.8 Å². The summed E-state index contributed by atoms with van der Waals surface area (Å²) in [6.45, 7) is 16.4. The summed E-state index contributed by atoms with van der Waals surface area (Å²) in [5, 5.41) is 33.1. The van der Waals surface area contributed by atoms with Crippen LogP contribution in [0.4, 0.5) is 0 Å². The summed E-state index contributed by atoms with van der Waals surface area (Å²) in [4.78, 5) is 12.8. The van der Waals surface area contributed by atoms with E-state index in [2.05, 4.69) is 54.5 Å². The minimum absolute atomic E-state index is 0.0218. The molecule has 5 rings (SSSR count). The second-order valence-electron chi connectivity index (χ2n) is 15.2. The third-order valence-electron chi connectivity index (χ3n) is 13.1. The fourth-order valence-corrected chi connectivity index (χ4v) is 10.7. The molecule has 4 nitrogen and oxygen atoms in total. The fourth-order valence-electron chi connectivity index (χ4n) is 10.7. The van der Waals surface area contributed by atoms with E-state index in [9.17, 15) is 20.1 Å². The molecule has 0 bridgehead atoms. The van der Waals surface area contributed by atoms with Gasteiger partial charge in [-0.3, -0.25) is 4.79 Å². The van der Waals surface area contributed by atoms with Crippen LogP contribution in [0.1, 0.15) is 106 Å². The van der Waals surface area contributed by atoms with E-state index >= 15 is 0 Å². The molecule has 4 fully saturated rings. The molecule has 5 aliphatic rings. The molecule has 4 heteroatoms. The Kier molecular flexibility index (Phi) is 5.20. The van der Waals surface area contributed by atoms with Gasteiger partial charge in [-0.15, -0.1) is 0 Å². The minimum atomic E-state index is -1.04. The number of allylic oxidation sites excluding steroid dienone is 2. The summed E-state index contributed by atoms with van der Waals surface area (Å²) in [5.41, 5.74) is 0.295. The Balaban J connectivity index is 1.63. The summed E-state index contributed by atoms with van der Waals surface area (Å²) < 4.78 is 0. The Hall–Kier alpha value is -0.870. The first kappa shape index (κ1) is 24.8. The van der Waals surface area contributed by atoms with Gasteiger partial charge in [0.1, 0.15) is 5.41 Å². The highest BCUT2D eigenvalue weighted by atomic mass is 16.4. The van der Waals surface area contributed by atoms with Crippen molar-refractivity contribution in [2.45, 2.75) is 118 Å². The second kappa shape index (κ2) is 7.12. The molecule has 192 valence electrons. The van der Waals surface area contributed by atoms with Gasteiger partial charge in [0, 0.05) is 0 Å². The lowest BCUT2D eigenvalue weighted by Crippen LogP contribution is -2.67. The van der Waals surface area contributed by atoms with Crippen molar-refractivity contribution in [3.63, 3.8) is 0 Å². The standard InChI is InChI=1S/C30H48O4/c1-25(2)14-15-30(24(33)34)19(16-25)18-8-9-21-27(5)12-11-22(31)26(3,4)20(27)10-13-28(21,6)29(18,7)17-23(30)32/h8,19-23,31-32H,9-17H2,1-7H3,(H,33,34)/t19?,20?,21?,22-,23+,27?,28+,29+,30+/m0/s1. The van der Waals surface area contributed by atoms with E-state index in [1.807, 2.05) is 0 Å². The van der Waals surface area contributed by atoms with Crippen molar-refractivity contribution >= 4 is 5.97 Å². The predicted molar refractivity (Wildman–Crippen MR) is 134 cm³/mol. The molecule has 0 spiro atoms. The second-order valence-corrected chi connectivity index (χ2v) is 15.2.